The number of carbonyl (C=O) groups is 1. The number of hydrogen-bond donors (Lipinski definition) is 1. The van der Waals surface area contributed by atoms with Crippen molar-refractivity contribution in [3.63, 3.8) is 0 Å². The van der Waals surface area contributed by atoms with Gasteiger partial charge in [-0.1, -0.05) is 33.1 Å². The van der Waals surface area contributed by atoms with E-state index in [4.69, 9.17) is 11.6 Å². The summed E-state index contributed by atoms with van der Waals surface area (Å²) in [5.41, 5.74) is 0.00584. The number of rotatable bonds is 4. The molecule has 0 saturated heterocycles. The van der Waals surface area contributed by atoms with E-state index in [0.717, 1.165) is 12.8 Å². The fourth-order valence-electron chi connectivity index (χ4n) is 1.88. The van der Waals surface area contributed by atoms with Crippen LogP contribution in [0, 0.1) is 11.3 Å². The normalized spacial score (nSPS) is 18.9. The Bertz CT molecular complexity index is 210. The van der Waals surface area contributed by atoms with Gasteiger partial charge in [-0.2, -0.15) is 0 Å². The Kier molecular flexibility index (Phi) is 4.91. The summed E-state index contributed by atoms with van der Waals surface area (Å²) in [6, 6.07) is 0. The molecule has 1 amide bonds. The maximum Gasteiger partial charge on any atom is 0.223 e. The monoisotopic (exact) mass is 231 g/mol. The Labute approximate surface area is 97.8 Å². The lowest BCUT2D eigenvalue weighted by Gasteiger charge is -2.25. The standard InChI is InChI=1S/C12H22ClNO/c1-12(2,8-13)9-14-11(15)10-6-4-3-5-7-10/h10H,3-9H2,1-2H3,(H,14,15). The minimum absolute atomic E-state index is 0.00584. The molecule has 0 heterocycles. The zero-order valence-corrected chi connectivity index (χ0v) is 10.6. The van der Waals surface area contributed by atoms with E-state index in [1.165, 1.54) is 19.3 Å². The maximum absolute atomic E-state index is 11.8. The molecule has 0 aromatic carbocycles. The van der Waals surface area contributed by atoms with Crippen LogP contribution in [-0.4, -0.2) is 18.3 Å². The molecule has 0 aromatic rings. The van der Waals surface area contributed by atoms with Crippen molar-refractivity contribution < 1.29 is 4.79 Å². The molecular formula is C12H22ClNO. The number of hydrogen-bond acceptors (Lipinski definition) is 1. The van der Waals surface area contributed by atoms with Gasteiger partial charge in [0.05, 0.1) is 0 Å². The number of halogens is 1. The molecule has 1 N–H and O–H groups in total. The third-order valence-electron chi connectivity index (χ3n) is 3.08. The molecule has 0 unspecified atom stereocenters. The first-order valence-electron chi connectivity index (χ1n) is 5.89. The molecule has 3 heteroatoms. The molecule has 1 aliphatic carbocycles. The molecule has 88 valence electrons. The Balaban J connectivity index is 2.28. The number of carbonyl (C=O) groups excluding carboxylic acids is 1. The first kappa shape index (κ1) is 12.8. The Morgan fingerprint density at radius 3 is 2.47 bits per heavy atom. The van der Waals surface area contributed by atoms with Gasteiger partial charge in [-0.3, -0.25) is 4.79 Å². The molecule has 0 spiro atoms. The van der Waals surface area contributed by atoms with Crippen molar-refractivity contribution in [3.05, 3.63) is 0 Å². The molecule has 0 aliphatic heterocycles. The summed E-state index contributed by atoms with van der Waals surface area (Å²) in [5, 5.41) is 3.02. The van der Waals surface area contributed by atoms with E-state index in [-0.39, 0.29) is 17.2 Å². The van der Waals surface area contributed by atoms with Crippen LogP contribution in [0.25, 0.3) is 0 Å². The zero-order chi connectivity index (χ0) is 11.3. The second-order valence-corrected chi connectivity index (χ2v) is 5.62. The molecule has 0 bridgehead atoms. The minimum Gasteiger partial charge on any atom is -0.355 e. The van der Waals surface area contributed by atoms with Crippen molar-refractivity contribution in [2.45, 2.75) is 46.0 Å². The van der Waals surface area contributed by atoms with Gasteiger partial charge >= 0.3 is 0 Å². The average molecular weight is 232 g/mol. The van der Waals surface area contributed by atoms with Crippen molar-refractivity contribution in [1.29, 1.82) is 0 Å². The summed E-state index contributed by atoms with van der Waals surface area (Å²) in [4.78, 5) is 11.8. The molecule has 15 heavy (non-hydrogen) atoms. The van der Waals surface area contributed by atoms with E-state index in [0.29, 0.717) is 12.4 Å². The first-order chi connectivity index (χ1) is 7.05. The largest absolute Gasteiger partial charge is 0.355 e. The van der Waals surface area contributed by atoms with Crippen molar-refractivity contribution in [2.75, 3.05) is 12.4 Å². The van der Waals surface area contributed by atoms with E-state index in [9.17, 15) is 4.79 Å². The van der Waals surface area contributed by atoms with Gasteiger partial charge in [0, 0.05) is 18.3 Å². The quantitative estimate of drug-likeness (QED) is 0.741. The van der Waals surface area contributed by atoms with Gasteiger partial charge in [-0.05, 0) is 18.3 Å². The Hall–Kier alpha value is -0.240. The number of nitrogens with one attached hydrogen (secondary N) is 1. The molecule has 0 aromatic heterocycles. The molecule has 0 radical (unpaired) electrons. The predicted octanol–water partition coefficient (Wildman–Crippen LogP) is 2.95. The van der Waals surface area contributed by atoms with Gasteiger partial charge in [-0.15, -0.1) is 11.6 Å². The van der Waals surface area contributed by atoms with E-state index in [1.54, 1.807) is 0 Å². The van der Waals surface area contributed by atoms with Crippen molar-refractivity contribution in [1.82, 2.24) is 5.32 Å². The fraction of sp³-hybridized carbons (Fsp3) is 0.917. The van der Waals surface area contributed by atoms with Gasteiger partial charge in [0.25, 0.3) is 0 Å². The molecule has 1 saturated carbocycles. The van der Waals surface area contributed by atoms with Crippen molar-refractivity contribution in [3.8, 4) is 0 Å². The SMILES string of the molecule is CC(C)(CCl)CNC(=O)C1CCCCC1. The highest BCUT2D eigenvalue weighted by molar-refractivity contribution is 6.18. The summed E-state index contributed by atoms with van der Waals surface area (Å²) >= 11 is 5.81. The highest BCUT2D eigenvalue weighted by atomic mass is 35.5. The summed E-state index contributed by atoms with van der Waals surface area (Å²) in [7, 11) is 0. The molecule has 2 nitrogen and oxygen atoms in total. The molecule has 1 aliphatic rings. The van der Waals surface area contributed by atoms with Gasteiger partial charge in [-0.25, -0.2) is 0 Å². The summed E-state index contributed by atoms with van der Waals surface area (Å²) in [6.45, 7) is 4.83. The van der Waals surface area contributed by atoms with Crippen LogP contribution in [0.15, 0.2) is 0 Å². The average Bonchev–Trinajstić information content (AvgIpc) is 2.27. The van der Waals surface area contributed by atoms with E-state index in [2.05, 4.69) is 19.2 Å². The minimum atomic E-state index is 0.00584. The Morgan fingerprint density at radius 2 is 1.93 bits per heavy atom. The number of alkyl halides is 1. The number of amides is 1. The van der Waals surface area contributed by atoms with Gasteiger partial charge < -0.3 is 5.32 Å². The topological polar surface area (TPSA) is 29.1 Å². The second-order valence-electron chi connectivity index (χ2n) is 5.35. The smallest absolute Gasteiger partial charge is 0.223 e. The second kappa shape index (κ2) is 5.74. The maximum atomic E-state index is 11.8. The van der Waals surface area contributed by atoms with Crippen LogP contribution in [0.5, 0.6) is 0 Å². The first-order valence-corrected chi connectivity index (χ1v) is 6.42. The lowest BCUT2D eigenvalue weighted by Crippen LogP contribution is -2.39. The van der Waals surface area contributed by atoms with Crippen LogP contribution < -0.4 is 5.32 Å². The van der Waals surface area contributed by atoms with Crippen LogP contribution in [0.1, 0.15) is 46.0 Å². The van der Waals surface area contributed by atoms with Gasteiger partial charge in [0.1, 0.15) is 0 Å². The molecule has 1 fully saturated rings. The van der Waals surface area contributed by atoms with E-state index < -0.39 is 0 Å². The highest BCUT2D eigenvalue weighted by Crippen LogP contribution is 2.24. The lowest BCUT2D eigenvalue weighted by molar-refractivity contribution is -0.126. The van der Waals surface area contributed by atoms with Crippen molar-refractivity contribution >= 4 is 17.5 Å². The van der Waals surface area contributed by atoms with Gasteiger partial charge in [0.15, 0.2) is 0 Å². The Morgan fingerprint density at radius 1 is 1.33 bits per heavy atom. The molecule has 1 rings (SSSR count). The van der Waals surface area contributed by atoms with Crippen LogP contribution in [0.3, 0.4) is 0 Å². The van der Waals surface area contributed by atoms with Crippen molar-refractivity contribution in [2.24, 2.45) is 11.3 Å². The summed E-state index contributed by atoms with van der Waals surface area (Å²) < 4.78 is 0. The van der Waals surface area contributed by atoms with Crippen LogP contribution in [0.4, 0.5) is 0 Å². The summed E-state index contributed by atoms with van der Waals surface area (Å²) in [6.07, 6.45) is 5.82. The van der Waals surface area contributed by atoms with Crippen LogP contribution >= 0.6 is 11.6 Å². The predicted molar refractivity (Wildman–Crippen MR) is 64.1 cm³/mol. The van der Waals surface area contributed by atoms with Crippen LogP contribution in [0.2, 0.25) is 0 Å². The zero-order valence-electron chi connectivity index (χ0n) is 9.81. The summed E-state index contributed by atoms with van der Waals surface area (Å²) in [5.74, 6) is 1.07. The molecular weight excluding hydrogens is 210 g/mol. The lowest BCUT2D eigenvalue weighted by atomic mass is 9.88. The van der Waals surface area contributed by atoms with Gasteiger partial charge in [0.2, 0.25) is 5.91 Å². The van der Waals surface area contributed by atoms with Crippen LogP contribution in [-0.2, 0) is 4.79 Å². The fourth-order valence-corrected chi connectivity index (χ4v) is 1.98. The van der Waals surface area contributed by atoms with E-state index >= 15 is 0 Å². The third-order valence-corrected chi connectivity index (χ3v) is 3.80. The highest BCUT2D eigenvalue weighted by Gasteiger charge is 2.23. The molecule has 0 atom stereocenters. The third kappa shape index (κ3) is 4.42. The van der Waals surface area contributed by atoms with E-state index in [1.807, 2.05) is 0 Å².